The van der Waals surface area contributed by atoms with E-state index in [0.29, 0.717) is 5.92 Å². The summed E-state index contributed by atoms with van der Waals surface area (Å²) in [6.45, 7) is 2.05. The lowest BCUT2D eigenvalue weighted by molar-refractivity contribution is 0.445. The molecule has 6 aromatic carbocycles. The first kappa shape index (κ1) is 25.9. The average molecular weight is 554 g/mol. The quantitative estimate of drug-likeness (QED) is 0.198. The maximum absolute atomic E-state index is 4.83. The second-order valence-corrected chi connectivity index (χ2v) is 12.2. The molecule has 1 heterocycles. The second-order valence-electron chi connectivity index (χ2n) is 12.2. The fourth-order valence-corrected chi connectivity index (χ4v) is 7.59. The van der Waals surface area contributed by atoms with Gasteiger partial charge in [-0.05, 0) is 104 Å². The summed E-state index contributed by atoms with van der Waals surface area (Å²) in [5, 5.41) is 7.94. The van der Waals surface area contributed by atoms with Gasteiger partial charge in [0.2, 0.25) is 0 Å². The molecular formula is C42H35N. The van der Waals surface area contributed by atoms with E-state index in [9.17, 15) is 0 Å². The van der Waals surface area contributed by atoms with Gasteiger partial charge in [-0.2, -0.15) is 0 Å². The number of rotatable bonds is 4. The van der Waals surface area contributed by atoms with Gasteiger partial charge in [0.15, 0.2) is 0 Å². The van der Waals surface area contributed by atoms with Crippen LogP contribution in [0.3, 0.4) is 0 Å². The molecule has 0 saturated heterocycles. The van der Waals surface area contributed by atoms with Crippen LogP contribution in [-0.2, 0) is 0 Å². The van der Waals surface area contributed by atoms with E-state index in [1.807, 2.05) is 0 Å². The van der Waals surface area contributed by atoms with Gasteiger partial charge in [0.05, 0.1) is 5.69 Å². The molecule has 1 saturated carbocycles. The van der Waals surface area contributed by atoms with E-state index in [-0.39, 0.29) is 0 Å². The van der Waals surface area contributed by atoms with Crippen molar-refractivity contribution in [2.24, 2.45) is 0 Å². The van der Waals surface area contributed by atoms with Gasteiger partial charge in [-0.1, -0.05) is 128 Å². The topological polar surface area (TPSA) is 12.9 Å². The van der Waals surface area contributed by atoms with E-state index in [1.54, 1.807) is 0 Å². The van der Waals surface area contributed by atoms with E-state index < -0.39 is 0 Å². The van der Waals surface area contributed by atoms with Crippen LogP contribution >= 0.6 is 0 Å². The Morgan fingerprint density at radius 2 is 1.07 bits per heavy atom. The number of hydrogen-bond acceptors (Lipinski definition) is 1. The van der Waals surface area contributed by atoms with Crippen molar-refractivity contribution in [2.75, 3.05) is 0 Å². The first-order chi connectivity index (χ1) is 21.3. The van der Waals surface area contributed by atoms with Gasteiger partial charge >= 0.3 is 0 Å². The molecule has 43 heavy (non-hydrogen) atoms. The molecule has 208 valence electrons. The van der Waals surface area contributed by atoms with Gasteiger partial charge in [0, 0.05) is 11.3 Å². The van der Waals surface area contributed by atoms with Crippen LogP contribution < -0.4 is 0 Å². The number of pyridine rings is 1. The number of fused-ring (bicyclic) bond motifs is 3. The molecule has 0 N–H and O–H groups in total. The van der Waals surface area contributed by atoms with E-state index in [0.717, 1.165) is 17.0 Å². The van der Waals surface area contributed by atoms with Gasteiger partial charge in [-0.15, -0.1) is 0 Å². The lowest BCUT2D eigenvalue weighted by Crippen LogP contribution is -2.05. The molecule has 1 aliphatic rings. The van der Waals surface area contributed by atoms with Crippen molar-refractivity contribution < 1.29 is 0 Å². The molecule has 0 unspecified atom stereocenters. The van der Waals surface area contributed by atoms with Crippen LogP contribution in [0.2, 0.25) is 0 Å². The Labute approximate surface area is 253 Å². The maximum atomic E-state index is 4.83. The van der Waals surface area contributed by atoms with E-state index in [2.05, 4.69) is 134 Å². The normalized spacial score (nSPS) is 14.1. The summed E-state index contributed by atoms with van der Waals surface area (Å²) in [4.78, 5) is 4.83. The second kappa shape index (κ2) is 10.8. The fraction of sp³-hybridized carbons (Fsp3) is 0.167. The Balaban J connectivity index is 1.40. The van der Waals surface area contributed by atoms with Crippen molar-refractivity contribution in [2.45, 2.75) is 44.9 Å². The summed E-state index contributed by atoms with van der Waals surface area (Å²) in [7, 11) is 0. The third-order valence-electron chi connectivity index (χ3n) is 9.54. The van der Waals surface area contributed by atoms with Gasteiger partial charge in [0.25, 0.3) is 0 Å². The van der Waals surface area contributed by atoms with Crippen molar-refractivity contribution in [3.05, 3.63) is 139 Å². The molecule has 1 nitrogen and oxygen atoms in total. The summed E-state index contributed by atoms with van der Waals surface area (Å²) in [5.41, 5.74) is 9.88. The van der Waals surface area contributed by atoms with E-state index in [1.165, 1.54) is 92.2 Å². The zero-order chi connectivity index (χ0) is 28.8. The van der Waals surface area contributed by atoms with Crippen LogP contribution in [0.1, 0.15) is 49.3 Å². The first-order valence-corrected chi connectivity index (χ1v) is 15.8. The molecule has 0 atom stereocenters. The van der Waals surface area contributed by atoms with Crippen molar-refractivity contribution >= 4 is 32.3 Å². The van der Waals surface area contributed by atoms with Crippen LogP contribution in [0.25, 0.3) is 65.8 Å². The predicted molar refractivity (Wildman–Crippen MR) is 184 cm³/mol. The van der Waals surface area contributed by atoms with Crippen LogP contribution in [0, 0.1) is 6.92 Å². The van der Waals surface area contributed by atoms with Gasteiger partial charge in [-0.25, -0.2) is 0 Å². The Morgan fingerprint density at radius 1 is 0.488 bits per heavy atom. The monoisotopic (exact) mass is 553 g/mol. The molecular weight excluding hydrogens is 518 g/mol. The summed E-state index contributed by atoms with van der Waals surface area (Å²) < 4.78 is 0. The predicted octanol–water partition coefficient (Wildman–Crippen LogP) is 11.9. The highest BCUT2D eigenvalue weighted by Gasteiger charge is 2.21. The largest absolute Gasteiger partial charge is 0.253 e. The molecule has 1 aromatic heterocycles. The third-order valence-corrected chi connectivity index (χ3v) is 9.54. The van der Waals surface area contributed by atoms with Gasteiger partial charge in [-0.3, -0.25) is 4.98 Å². The Hall–Kier alpha value is -4.75. The number of aromatic nitrogens is 1. The van der Waals surface area contributed by atoms with Gasteiger partial charge < -0.3 is 0 Å². The molecule has 8 rings (SSSR count). The molecule has 0 bridgehead atoms. The highest BCUT2D eigenvalue weighted by atomic mass is 14.7. The molecule has 0 aliphatic heterocycles. The van der Waals surface area contributed by atoms with Gasteiger partial charge in [0.1, 0.15) is 0 Å². The number of hydrogen-bond donors (Lipinski definition) is 0. The maximum Gasteiger partial charge on any atom is 0.0705 e. The average Bonchev–Trinajstić information content (AvgIpc) is 3.07. The minimum Gasteiger partial charge on any atom is -0.253 e. The summed E-state index contributed by atoms with van der Waals surface area (Å²) in [6.07, 6.45) is 6.68. The lowest BCUT2D eigenvalue weighted by Gasteiger charge is -2.24. The highest BCUT2D eigenvalue weighted by molar-refractivity contribution is 6.23. The molecule has 0 radical (unpaired) electrons. The van der Waals surface area contributed by atoms with E-state index in [4.69, 9.17) is 4.98 Å². The Morgan fingerprint density at radius 3 is 1.79 bits per heavy atom. The smallest absolute Gasteiger partial charge is 0.0705 e. The molecule has 1 fully saturated rings. The Kier molecular flexibility index (Phi) is 6.52. The highest BCUT2D eigenvalue weighted by Crippen LogP contribution is 2.46. The van der Waals surface area contributed by atoms with Crippen molar-refractivity contribution in [1.82, 2.24) is 4.98 Å². The molecule has 7 aromatic rings. The van der Waals surface area contributed by atoms with Crippen LogP contribution in [0.15, 0.2) is 127 Å². The number of nitrogens with zero attached hydrogens (tertiary/aromatic N) is 1. The summed E-state index contributed by atoms with van der Waals surface area (Å²) >= 11 is 0. The zero-order valence-corrected chi connectivity index (χ0v) is 24.7. The fourth-order valence-electron chi connectivity index (χ4n) is 7.59. The lowest BCUT2D eigenvalue weighted by atomic mass is 9.80. The summed E-state index contributed by atoms with van der Waals surface area (Å²) in [6, 6.07) is 47.1. The first-order valence-electron chi connectivity index (χ1n) is 15.8. The van der Waals surface area contributed by atoms with Crippen molar-refractivity contribution in [3.63, 3.8) is 0 Å². The van der Waals surface area contributed by atoms with Crippen LogP contribution in [0.5, 0.6) is 0 Å². The Bertz CT molecular complexity index is 2070. The van der Waals surface area contributed by atoms with Crippen LogP contribution in [0.4, 0.5) is 0 Å². The standard InChI is InChI=1S/C42H35N/c1-28-13-9-26-40(43-28)30-16-10-17-31(27-30)41-36-18-5-7-20-38(36)42(39-21-8-6-19-37(39)41)35-25-12-23-33-32(22-11-24-34(33)35)29-14-3-2-4-15-29/h5-13,16-27,29H,2-4,14-15H2,1H3. The minimum atomic E-state index is 0.665. The molecule has 1 heteroatoms. The number of benzene rings is 6. The molecule has 1 aliphatic carbocycles. The van der Waals surface area contributed by atoms with Crippen molar-refractivity contribution in [1.29, 1.82) is 0 Å². The van der Waals surface area contributed by atoms with Crippen LogP contribution in [-0.4, -0.2) is 4.98 Å². The zero-order valence-electron chi connectivity index (χ0n) is 24.7. The van der Waals surface area contributed by atoms with E-state index >= 15 is 0 Å². The molecule has 0 amide bonds. The third kappa shape index (κ3) is 4.51. The van der Waals surface area contributed by atoms with Crippen molar-refractivity contribution in [3.8, 4) is 33.5 Å². The minimum absolute atomic E-state index is 0.665. The number of aryl methyl sites for hydroxylation is 1. The SMILES string of the molecule is Cc1cccc(-c2cccc(-c3c4ccccc4c(-c4cccc5c(C6CCCCC6)cccc45)c4ccccc34)c2)n1. The summed E-state index contributed by atoms with van der Waals surface area (Å²) in [5.74, 6) is 0.665. The molecule has 0 spiro atoms.